The minimum absolute atomic E-state index is 0.445. The number of carbonyl (C=O) groups excluding carboxylic acids is 1. The van der Waals surface area contributed by atoms with Gasteiger partial charge in [0.25, 0.3) is 0 Å². The van der Waals surface area contributed by atoms with E-state index in [4.69, 9.17) is 14.6 Å². The first-order valence-electron chi connectivity index (χ1n) is 6.01. The lowest BCUT2D eigenvalue weighted by molar-refractivity contribution is -0.143. The maximum atomic E-state index is 11.5. The summed E-state index contributed by atoms with van der Waals surface area (Å²) in [6.07, 6.45) is -0.597. The Balaban J connectivity index is 4.44. The molecule has 0 saturated carbocycles. The molecule has 0 heterocycles. The van der Waals surface area contributed by atoms with E-state index in [0.717, 1.165) is 6.42 Å². The summed E-state index contributed by atoms with van der Waals surface area (Å²) >= 11 is 0. The van der Waals surface area contributed by atoms with Crippen molar-refractivity contribution >= 4 is 12.1 Å². The van der Waals surface area contributed by atoms with E-state index in [9.17, 15) is 9.59 Å². The van der Waals surface area contributed by atoms with E-state index < -0.39 is 29.8 Å². The van der Waals surface area contributed by atoms with E-state index in [1.165, 1.54) is 0 Å². The minimum atomic E-state index is -1.15. The Kier molecular flexibility index (Phi) is 6.68. The van der Waals surface area contributed by atoms with Crippen molar-refractivity contribution in [3.63, 3.8) is 0 Å². The summed E-state index contributed by atoms with van der Waals surface area (Å²) in [5, 5.41) is 11.3. The summed E-state index contributed by atoms with van der Waals surface area (Å²) in [5.41, 5.74) is -0.666. The molecule has 0 aromatic rings. The van der Waals surface area contributed by atoms with Gasteiger partial charge in [-0.25, -0.2) is 9.59 Å². The quantitative estimate of drug-likeness (QED) is 0.761. The molecule has 2 atom stereocenters. The molecule has 0 rings (SSSR count). The Morgan fingerprint density at radius 1 is 1.33 bits per heavy atom. The van der Waals surface area contributed by atoms with Gasteiger partial charge in [0.15, 0.2) is 6.04 Å². The van der Waals surface area contributed by atoms with Gasteiger partial charge in [0.2, 0.25) is 0 Å². The molecule has 0 radical (unpaired) electrons. The molecule has 0 aliphatic carbocycles. The number of aliphatic carboxylic acids is 1. The van der Waals surface area contributed by atoms with Gasteiger partial charge in [0.05, 0.1) is 6.10 Å². The molecule has 0 aliphatic heterocycles. The summed E-state index contributed by atoms with van der Waals surface area (Å²) in [6.45, 7) is 9.09. The molecule has 18 heavy (non-hydrogen) atoms. The maximum Gasteiger partial charge on any atom is 0.408 e. The fourth-order valence-corrected chi connectivity index (χ4v) is 1.21. The van der Waals surface area contributed by atoms with Gasteiger partial charge in [-0.05, 0) is 34.1 Å². The Hall–Kier alpha value is -1.30. The number of nitrogens with one attached hydrogen (secondary N) is 1. The molecule has 6 heteroatoms. The number of carbonyl (C=O) groups is 2. The van der Waals surface area contributed by atoms with Gasteiger partial charge in [-0.1, -0.05) is 6.92 Å². The highest BCUT2D eigenvalue weighted by Gasteiger charge is 2.29. The largest absolute Gasteiger partial charge is 0.480 e. The lowest BCUT2D eigenvalue weighted by Gasteiger charge is -2.24. The summed E-state index contributed by atoms with van der Waals surface area (Å²) in [4.78, 5) is 22.6. The van der Waals surface area contributed by atoms with Gasteiger partial charge in [-0.3, -0.25) is 0 Å². The zero-order chi connectivity index (χ0) is 14.3. The number of carboxylic acids is 1. The van der Waals surface area contributed by atoms with Gasteiger partial charge in [0.1, 0.15) is 5.60 Å². The number of ether oxygens (including phenoxy) is 2. The van der Waals surface area contributed by atoms with Crippen molar-refractivity contribution in [2.75, 3.05) is 6.61 Å². The lowest BCUT2D eigenvalue weighted by atomic mass is 10.2. The van der Waals surface area contributed by atoms with E-state index in [-0.39, 0.29) is 0 Å². The van der Waals surface area contributed by atoms with Gasteiger partial charge < -0.3 is 19.9 Å². The smallest absolute Gasteiger partial charge is 0.408 e. The second-order valence-electron chi connectivity index (χ2n) is 5.04. The molecule has 0 fully saturated rings. The number of carboxylic acid groups (broad SMARTS) is 1. The van der Waals surface area contributed by atoms with Gasteiger partial charge in [-0.15, -0.1) is 0 Å². The Morgan fingerprint density at radius 2 is 1.89 bits per heavy atom. The zero-order valence-electron chi connectivity index (χ0n) is 11.6. The SMILES string of the molecule is CCCOC(C)[C@H](NC(=O)OC(C)(C)C)C(=O)O. The van der Waals surface area contributed by atoms with Crippen LogP contribution in [0.25, 0.3) is 0 Å². The average molecular weight is 261 g/mol. The standard InChI is InChI=1S/C12H23NO5/c1-6-7-17-8(2)9(10(14)15)13-11(16)18-12(3,4)5/h8-9H,6-7H2,1-5H3,(H,13,16)(H,14,15)/t8?,9-/m0/s1. The molecule has 2 N–H and O–H groups in total. The fourth-order valence-electron chi connectivity index (χ4n) is 1.21. The van der Waals surface area contributed by atoms with Crippen molar-refractivity contribution in [1.29, 1.82) is 0 Å². The highest BCUT2D eigenvalue weighted by molar-refractivity contribution is 5.80. The molecule has 0 aliphatic rings. The molecule has 0 bridgehead atoms. The van der Waals surface area contributed by atoms with Gasteiger partial charge in [0, 0.05) is 6.61 Å². The molecule has 6 nitrogen and oxygen atoms in total. The number of alkyl carbamates (subject to hydrolysis) is 1. The van der Waals surface area contributed by atoms with E-state index in [1.807, 2.05) is 6.92 Å². The molecular weight excluding hydrogens is 238 g/mol. The van der Waals surface area contributed by atoms with Gasteiger partial charge >= 0.3 is 12.1 Å². The molecule has 0 saturated heterocycles. The Labute approximate surface area is 108 Å². The second kappa shape index (κ2) is 7.20. The van der Waals surface area contributed by atoms with Crippen molar-refractivity contribution in [1.82, 2.24) is 5.32 Å². The van der Waals surface area contributed by atoms with Gasteiger partial charge in [-0.2, -0.15) is 0 Å². The van der Waals surface area contributed by atoms with Crippen LogP contribution in [0.1, 0.15) is 41.0 Å². The molecule has 106 valence electrons. The van der Waals surface area contributed by atoms with Crippen LogP contribution in [0.15, 0.2) is 0 Å². The van der Waals surface area contributed by atoms with Crippen LogP contribution >= 0.6 is 0 Å². The first kappa shape index (κ1) is 16.7. The summed E-state index contributed by atoms with van der Waals surface area (Å²) in [6, 6.07) is -1.12. The normalized spacial score (nSPS) is 14.7. The fraction of sp³-hybridized carbons (Fsp3) is 0.833. The van der Waals surface area contributed by atoms with Crippen LogP contribution in [0.4, 0.5) is 4.79 Å². The van der Waals surface area contributed by atoms with Crippen LogP contribution in [0.3, 0.4) is 0 Å². The van der Waals surface area contributed by atoms with Crippen molar-refractivity contribution < 1.29 is 24.2 Å². The predicted molar refractivity (Wildman–Crippen MR) is 66.5 cm³/mol. The summed E-state index contributed by atoms with van der Waals surface area (Å²) < 4.78 is 10.3. The number of amides is 1. The van der Waals surface area contributed by atoms with Crippen LogP contribution < -0.4 is 5.32 Å². The number of rotatable bonds is 6. The van der Waals surface area contributed by atoms with E-state index in [1.54, 1.807) is 27.7 Å². The molecule has 1 amide bonds. The van der Waals surface area contributed by atoms with Crippen LogP contribution in [-0.2, 0) is 14.3 Å². The molecule has 0 aromatic heterocycles. The average Bonchev–Trinajstić information content (AvgIpc) is 2.19. The third-order valence-corrected chi connectivity index (χ3v) is 1.99. The molecular formula is C12H23NO5. The predicted octanol–water partition coefficient (Wildman–Crippen LogP) is 1.78. The van der Waals surface area contributed by atoms with Crippen LogP contribution in [0.5, 0.6) is 0 Å². The third-order valence-electron chi connectivity index (χ3n) is 1.99. The Bertz CT molecular complexity index is 285. The third kappa shape index (κ3) is 7.11. The van der Waals surface area contributed by atoms with Crippen molar-refractivity contribution in [2.24, 2.45) is 0 Å². The molecule has 0 spiro atoms. The van der Waals surface area contributed by atoms with Crippen LogP contribution in [0, 0.1) is 0 Å². The summed E-state index contributed by atoms with van der Waals surface area (Å²) in [7, 11) is 0. The monoisotopic (exact) mass is 261 g/mol. The number of hydrogen-bond donors (Lipinski definition) is 2. The highest BCUT2D eigenvalue weighted by atomic mass is 16.6. The summed E-state index contributed by atoms with van der Waals surface area (Å²) in [5.74, 6) is -1.15. The minimum Gasteiger partial charge on any atom is -0.480 e. The van der Waals surface area contributed by atoms with Crippen molar-refractivity contribution in [3.8, 4) is 0 Å². The lowest BCUT2D eigenvalue weighted by Crippen LogP contribution is -2.50. The molecule has 1 unspecified atom stereocenters. The Morgan fingerprint density at radius 3 is 2.28 bits per heavy atom. The maximum absolute atomic E-state index is 11.5. The number of hydrogen-bond acceptors (Lipinski definition) is 4. The van der Waals surface area contributed by atoms with Crippen LogP contribution in [0.2, 0.25) is 0 Å². The van der Waals surface area contributed by atoms with E-state index in [0.29, 0.717) is 6.61 Å². The first-order valence-corrected chi connectivity index (χ1v) is 6.01. The zero-order valence-corrected chi connectivity index (χ0v) is 11.6. The van der Waals surface area contributed by atoms with Crippen molar-refractivity contribution in [2.45, 2.75) is 58.8 Å². The second-order valence-corrected chi connectivity index (χ2v) is 5.04. The topological polar surface area (TPSA) is 84.9 Å². The molecule has 0 aromatic carbocycles. The van der Waals surface area contributed by atoms with Crippen LogP contribution in [-0.4, -0.2) is 41.5 Å². The highest BCUT2D eigenvalue weighted by Crippen LogP contribution is 2.08. The first-order chi connectivity index (χ1) is 8.17. The van der Waals surface area contributed by atoms with E-state index in [2.05, 4.69) is 5.32 Å². The van der Waals surface area contributed by atoms with E-state index >= 15 is 0 Å². The van der Waals surface area contributed by atoms with Crippen molar-refractivity contribution in [3.05, 3.63) is 0 Å².